The molecule has 2 aromatic rings. The zero-order chi connectivity index (χ0) is 21.9. The Balaban J connectivity index is 2.01. The number of nitrogens with two attached hydrogens (primary N) is 1. The van der Waals surface area contributed by atoms with Gasteiger partial charge in [-0.2, -0.15) is 18.0 Å². The molecule has 160 valence electrons. The summed E-state index contributed by atoms with van der Waals surface area (Å²) in [4.78, 5) is 17.1. The number of methoxy groups -OCH3 is 2. The van der Waals surface area contributed by atoms with Crippen LogP contribution in [-0.4, -0.2) is 64.2 Å². The van der Waals surface area contributed by atoms with Crippen LogP contribution in [0.4, 0.5) is 10.5 Å². The Kier molecular flexibility index (Phi) is 6.14. The van der Waals surface area contributed by atoms with Gasteiger partial charge in [0.15, 0.2) is 11.5 Å². The molecule has 0 unspecified atom stereocenters. The van der Waals surface area contributed by atoms with E-state index < -0.39 is 16.4 Å². The number of nitriles is 1. The highest BCUT2D eigenvalue weighted by molar-refractivity contribution is 7.84. The Morgan fingerprint density at radius 1 is 1.17 bits per heavy atom. The van der Waals surface area contributed by atoms with Crippen molar-refractivity contribution in [3.8, 4) is 17.6 Å². The third-order valence-corrected chi connectivity index (χ3v) is 6.11. The van der Waals surface area contributed by atoms with E-state index in [2.05, 4.69) is 15.2 Å². The number of carbonyl (C=O) groups excluding carboxylic acids is 1. The van der Waals surface area contributed by atoms with Crippen LogP contribution in [0.15, 0.2) is 18.3 Å². The van der Waals surface area contributed by atoms with Crippen LogP contribution in [0.1, 0.15) is 12.0 Å². The fourth-order valence-corrected chi connectivity index (χ4v) is 4.40. The molecule has 0 saturated carbocycles. The van der Waals surface area contributed by atoms with Crippen molar-refractivity contribution < 1.29 is 26.9 Å². The summed E-state index contributed by atoms with van der Waals surface area (Å²) in [7, 11) is -1.24. The zero-order valence-corrected chi connectivity index (χ0v) is 17.3. The van der Waals surface area contributed by atoms with E-state index in [9.17, 15) is 18.5 Å². The van der Waals surface area contributed by atoms with Gasteiger partial charge in [0.2, 0.25) is 0 Å². The SMILES string of the molecule is COc1cc2ncc(C#N)c(N3CCCN(S(=O)(=O)OC(N)=O)CC3)c2cc1OC. The van der Waals surface area contributed by atoms with Gasteiger partial charge in [-0.3, -0.25) is 4.98 Å². The molecule has 1 aromatic heterocycles. The molecule has 1 aromatic carbocycles. The first kappa shape index (κ1) is 21.4. The summed E-state index contributed by atoms with van der Waals surface area (Å²) < 4.78 is 40.4. The molecule has 2 heterocycles. The fourth-order valence-electron chi connectivity index (χ4n) is 3.43. The van der Waals surface area contributed by atoms with Crippen LogP contribution in [0, 0.1) is 11.3 Å². The van der Waals surface area contributed by atoms with E-state index in [1.165, 1.54) is 20.4 Å². The molecule has 1 aliphatic heterocycles. The topological polar surface area (TPSA) is 148 Å². The maximum absolute atomic E-state index is 12.2. The number of carbonyl (C=O) groups is 1. The average molecular weight is 435 g/mol. The highest BCUT2D eigenvalue weighted by Crippen LogP contribution is 2.37. The summed E-state index contributed by atoms with van der Waals surface area (Å²) in [5, 5.41) is 10.3. The van der Waals surface area contributed by atoms with Gasteiger partial charge in [0.05, 0.1) is 31.0 Å². The molecular weight excluding hydrogens is 414 g/mol. The molecule has 1 amide bonds. The van der Waals surface area contributed by atoms with Crippen molar-refractivity contribution in [2.24, 2.45) is 5.73 Å². The minimum Gasteiger partial charge on any atom is -0.493 e. The number of pyridine rings is 1. The van der Waals surface area contributed by atoms with E-state index in [0.717, 1.165) is 4.31 Å². The fraction of sp³-hybridized carbons (Fsp3) is 0.389. The number of benzene rings is 1. The number of amides is 1. The number of ether oxygens (including phenoxy) is 2. The normalized spacial score (nSPS) is 15.3. The molecule has 30 heavy (non-hydrogen) atoms. The Hall–Kier alpha value is -3.30. The largest absolute Gasteiger partial charge is 0.493 e. The van der Waals surface area contributed by atoms with Crippen molar-refractivity contribution in [1.29, 1.82) is 5.26 Å². The molecule has 11 nitrogen and oxygen atoms in total. The van der Waals surface area contributed by atoms with Crippen molar-refractivity contribution in [3.05, 3.63) is 23.9 Å². The van der Waals surface area contributed by atoms with E-state index in [0.29, 0.717) is 46.6 Å². The molecule has 1 fully saturated rings. The van der Waals surface area contributed by atoms with Crippen molar-refractivity contribution in [1.82, 2.24) is 9.29 Å². The number of hydrogen-bond acceptors (Lipinski definition) is 9. The molecule has 12 heteroatoms. The van der Waals surface area contributed by atoms with E-state index in [1.807, 2.05) is 4.90 Å². The standard InChI is InChI=1S/C18H21N5O6S/c1-27-15-8-13-14(9-16(15)28-2)21-11-12(10-19)17(13)22-4-3-5-23(7-6-22)30(25,26)29-18(20)24/h8-9,11H,3-7H2,1-2H3,(H2,20,24). The van der Waals surface area contributed by atoms with Gasteiger partial charge in [0.1, 0.15) is 6.07 Å². The van der Waals surface area contributed by atoms with Gasteiger partial charge in [0.25, 0.3) is 0 Å². The van der Waals surface area contributed by atoms with Crippen LogP contribution < -0.4 is 20.1 Å². The molecule has 1 aliphatic rings. The highest BCUT2D eigenvalue weighted by atomic mass is 32.2. The van der Waals surface area contributed by atoms with Crippen LogP contribution in [0.2, 0.25) is 0 Å². The number of hydrogen-bond donors (Lipinski definition) is 1. The van der Waals surface area contributed by atoms with Crippen molar-refractivity contribution in [3.63, 3.8) is 0 Å². The number of aromatic nitrogens is 1. The van der Waals surface area contributed by atoms with Crippen LogP contribution in [0.5, 0.6) is 11.5 Å². The second kappa shape index (κ2) is 8.60. The zero-order valence-electron chi connectivity index (χ0n) is 16.5. The van der Waals surface area contributed by atoms with Crippen LogP contribution in [0.3, 0.4) is 0 Å². The van der Waals surface area contributed by atoms with Crippen LogP contribution in [0.25, 0.3) is 10.9 Å². The summed E-state index contributed by atoms with van der Waals surface area (Å²) in [5.41, 5.74) is 6.43. The molecule has 2 N–H and O–H groups in total. The highest BCUT2D eigenvalue weighted by Gasteiger charge is 2.29. The maximum Gasteiger partial charge on any atom is 0.421 e. The minimum atomic E-state index is -4.27. The lowest BCUT2D eigenvalue weighted by Gasteiger charge is -2.25. The summed E-state index contributed by atoms with van der Waals surface area (Å²) >= 11 is 0. The number of rotatable bonds is 5. The van der Waals surface area contributed by atoms with Gasteiger partial charge in [-0.05, 0) is 12.5 Å². The Morgan fingerprint density at radius 3 is 2.50 bits per heavy atom. The van der Waals surface area contributed by atoms with E-state index in [1.54, 1.807) is 12.1 Å². The van der Waals surface area contributed by atoms with E-state index in [-0.39, 0.29) is 19.6 Å². The Labute approximate surface area is 173 Å². The first-order chi connectivity index (χ1) is 14.3. The Morgan fingerprint density at radius 2 is 1.87 bits per heavy atom. The third-order valence-electron chi connectivity index (χ3n) is 4.74. The monoisotopic (exact) mass is 435 g/mol. The van der Waals surface area contributed by atoms with Gasteiger partial charge < -0.3 is 24.3 Å². The molecule has 0 atom stereocenters. The van der Waals surface area contributed by atoms with Crippen LogP contribution in [-0.2, 0) is 14.5 Å². The van der Waals surface area contributed by atoms with Gasteiger partial charge in [-0.25, -0.2) is 4.79 Å². The van der Waals surface area contributed by atoms with E-state index >= 15 is 0 Å². The lowest BCUT2D eigenvalue weighted by atomic mass is 10.1. The Bertz CT molecular complexity index is 1110. The van der Waals surface area contributed by atoms with Crippen molar-refractivity contribution in [2.45, 2.75) is 6.42 Å². The van der Waals surface area contributed by atoms with Gasteiger partial charge in [-0.15, -0.1) is 0 Å². The summed E-state index contributed by atoms with van der Waals surface area (Å²) in [5.74, 6) is 0.988. The van der Waals surface area contributed by atoms with E-state index in [4.69, 9.17) is 15.2 Å². The average Bonchev–Trinajstić information content (AvgIpc) is 2.97. The first-order valence-electron chi connectivity index (χ1n) is 8.99. The second-order valence-electron chi connectivity index (χ2n) is 6.46. The predicted molar refractivity (Wildman–Crippen MR) is 108 cm³/mol. The molecule has 0 bridgehead atoms. The number of fused-ring (bicyclic) bond motifs is 1. The molecular formula is C18H21N5O6S. The third kappa shape index (κ3) is 4.17. The number of nitrogens with zero attached hydrogens (tertiary/aromatic N) is 4. The number of anilines is 1. The molecule has 0 spiro atoms. The molecule has 3 rings (SSSR count). The molecule has 1 saturated heterocycles. The maximum atomic E-state index is 12.2. The molecule has 0 aliphatic carbocycles. The lowest BCUT2D eigenvalue weighted by Crippen LogP contribution is -2.38. The second-order valence-corrected chi connectivity index (χ2v) is 7.99. The lowest BCUT2D eigenvalue weighted by molar-refractivity contribution is 0.206. The van der Waals surface area contributed by atoms with Crippen LogP contribution >= 0.6 is 0 Å². The van der Waals surface area contributed by atoms with Gasteiger partial charge >= 0.3 is 16.4 Å². The van der Waals surface area contributed by atoms with Gasteiger partial charge in [0, 0.05) is 43.8 Å². The number of primary amides is 1. The van der Waals surface area contributed by atoms with Gasteiger partial charge in [-0.1, -0.05) is 0 Å². The minimum absolute atomic E-state index is 0.0532. The van der Waals surface area contributed by atoms with Crippen molar-refractivity contribution in [2.75, 3.05) is 45.3 Å². The van der Waals surface area contributed by atoms with Crippen molar-refractivity contribution >= 4 is 33.0 Å². The summed E-state index contributed by atoms with van der Waals surface area (Å²) in [6, 6.07) is 5.60. The molecule has 0 radical (unpaired) electrons. The first-order valence-corrected chi connectivity index (χ1v) is 10.4. The summed E-state index contributed by atoms with van der Waals surface area (Å²) in [6.07, 6.45) is 0.534. The smallest absolute Gasteiger partial charge is 0.421 e. The summed E-state index contributed by atoms with van der Waals surface area (Å²) in [6.45, 7) is 0.944. The quantitative estimate of drug-likeness (QED) is 0.725. The predicted octanol–water partition coefficient (Wildman–Crippen LogP) is 0.976.